The molecule has 6 nitrogen and oxygen atoms in total. The standard InChI is InChI=1S/C8H6INO5/c9-7(8(12)13)4-1-2-6(11)5(3-4)10(14)15/h1-3,7,11H,(H,12,13). The summed E-state index contributed by atoms with van der Waals surface area (Å²) in [5.74, 6) is -1.56. The van der Waals surface area contributed by atoms with Crippen molar-refractivity contribution in [3.63, 3.8) is 0 Å². The third-order valence-electron chi connectivity index (χ3n) is 1.71. The van der Waals surface area contributed by atoms with Crippen molar-refractivity contribution in [1.82, 2.24) is 0 Å². The molecule has 0 radical (unpaired) electrons. The number of hydrogen-bond donors (Lipinski definition) is 2. The molecule has 80 valence electrons. The summed E-state index contributed by atoms with van der Waals surface area (Å²) in [5, 5.41) is 28.3. The summed E-state index contributed by atoms with van der Waals surface area (Å²) in [4.78, 5) is 20.3. The van der Waals surface area contributed by atoms with Gasteiger partial charge in [-0.2, -0.15) is 0 Å². The van der Waals surface area contributed by atoms with E-state index in [0.717, 1.165) is 12.1 Å². The monoisotopic (exact) mass is 323 g/mol. The first-order valence-corrected chi connectivity index (χ1v) is 5.02. The summed E-state index contributed by atoms with van der Waals surface area (Å²) in [6, 6.07) is 3.51. The molecule has 0 aliphatic rings. The molecule has 0 heterocycles. The third kappa shape index (κ3) is 2.55. The van der Waals surface area contributed by atoms with Crippen LogP contribution in [0.4, 0.5) is 5.69 Å². The number of phenols is 1. The Morgan fingerprint density at radius 1 is 1.53 bits per heavy atom. The molecule has 0 aromatic heterocycles. The van der Waals surface area contributed by atoms with Crippen LogP contribution in [0.15, 0.2) is 18.2 Å². The summed E-state index contributed by atoms with van der Waals surface area (Å²) in [6.45, 7) is 0. The maximum Gasteiger partial charge on any atom is 0.321 e. The van der Waals surface area contributed by atoms with Gasteiger partial charge in [-0.05, 0) is 11.6 Å². The summed E-state index contributed by atoms with van der Waals surface area (Å²) in [6.07, 6.45) is 0. The lowest BCUT2D eigenvalue weighted by molar-refractivity contribution is -0.385. The molecule has 2 N–H and O–H groups in total. The number of alkyl halides is 1. The van der Waals surface area contributed by atoms with E-state index in [0.29, 0.717) is 0 Å². The highest BCUT2D eigenvalue weighted by Gasteiger charge is 2.20. The van der Waals surface area contributed by atoms with E-state index in [1.165, 1.54) is 6.07 Å². The quantitative estimate of drug-likeness (QED) is 0.383. The minimum atomic E-state index is -1.09. The Morgan fingerprint density at radius 2 is 2.13 bits per heavy atom. The molecule has 0 amide bonds. The van der Waals surface area contributed by atoms with Crippen LogP contribution < -0.4 is 0 Å². The van der Waals surface area contributed by atoms with E-state index in [9.17, 15) is 14.9 Å². The number of nitro groups is 1. The van der Waals surface area contributed by atoms with Gasteiger partial charge in [0.1, 0.15) is 3.92 Å². The Morgan fingerprint density at radius 3 is 2.60 bits per heavy atom. The second kappa shape index (κ2) is 4.43. The number of carboxylic acids is 1. The first kappa shape index (κ1) is 11.7. The molecule has 1 aromatic carbocycles. The van der Waals surface area contributed by atoms with Gasteiger partial charge < -0.3 is 10.2 Å². The molecule has 1 unspecified atom stereocenters. The summed E-state index contributed by atoms with van der Waals surface area (Å²) in [5.41, 5.74) is -0.219. The zero-order chi connectivity index (χ0) is 11.6. The summed E-state index contributed by atoms with van der Waals surface area (Å²) in [7, 11) is 0. The van der Waals surface area contributed by atoms with E-state index in [2.05, 4.69) is 0 Å². The van der Waals surface area contributed by atoms with Crippen molar-refractivity contribution >= 4 is 34.2 Å². The number of halogens is 1. The molecule has 0 fully saturated rings. The molecule has 0 saturated carbocycles. The van der Waals surface area contributed by atoms with Gasteiger partial charge in [0, 0.05) is 6.07 Å². The minimum Gasteiger partial charge on any atom is -0.502 e. The van der Waals surface area contributed by atoms with Gasteiger partial charge in [-0.1, -0.05) is 28.7 Å². The third-order valence-corrected chi connectivity index (χ3v) is 2.96. The van der Waals surface area contributed by atoms with Gasteiger partial charge in [0.2, 0.25) is 0 Å². The molecule has 0 aliphatic heterocycles. The van der Waals surface area contributed by atoms with E-state index in [4.69, 9.17) is 10.2 Å². The van der Waals surface area contributed by atoms with Crippen LogP contribution in [-0.4, -0.2) is 21.1 Å². The van der Waals surface area contributed by atoms with Crippen molar-refractivity contribution in [1.29, 1.82) is 0 Å². The average molecular weight is 323 g/mol. The van der Waals surface area contributed by atoms with Gasteiger partial charge in [-0.3, -0.25) is 14.9 Å². The summed E-state index contributed by atoms with van der Waals surface area (Å²) >= 11 is 1.65. The molecular weight excluding hydrogens is 317 g/mol. The maximum absolute atomic E-state index is 10.6. The number of carbonyl (C=O) groups is 1. The van der Waals surface area contributed by atoms with Crippen molar-refractivity contribution in [3.8, 4) is 5.75 Å². The number of aromatic hydroxyl groups is 1. The van der Waals surface area contributed by atoms with Crippen LogP contribution in [0.25, 0.3) is 0 Å². The van der Waals surface area contributed by atoms with Gasteiger partial charge >= 0.3 is 11.7 Å². The smallest absolute Gasteiger partial charge is 0.321 e. The topological polar surface area (TPSA) is 101 Å². The van der Waals surface area contributed by atoms with Crippen LogP contribution in [0.2, 0.25) is 0 Å². The number of carboxylic acid groups (broad SMARTS) is 1. The molecular formula is C8H6INO5. The van der Waals surface area contributed by atoms with Crippen LogP contribution in [0.3, 0.4) is 0 Å². The van der Waals surface area contributed by atoms with Crippen LogP contribution in [0.5, 0.6) is 5.75 Å². The van der Waals surface area contributed by atoms with Gasteiger partial charge in [-0.25, -0.2) is 0 Å². The molecule has 0 spiro atoms. The largest absolute Gasteiger partial charge is 0.502 e. The lowest BCUT2D eigenvalue weighted by Gasteiger charge is -2.04. The molecule has 15 heavy (non-hydrogen) atoms. The fourth-order valence-electron chi connectivity index (χ4n) is 0.987. The second-order valence-electron chi connectivity index (χ2n) is 2.71. The van der Waals surface area contributed by atoms with E-state index in [1.807, 2.05) is 0 Å². The average Bonchev–Trinajstić information content (AvgIpc) is 2.16. The van der Waals surface area contributed by atoms with E-state index in [1.54, 1.807) is 22.6 Å². The highest BCUT2D eigenvalue weighted by Crippen LogP contribution is 2.32. The van der Waals surface area contributed by atoms with Crippen molar-refractivity contribution < 1.29 is 19.9 Å². The molecule has 1 rings (SSSR count). The molecule has 7 heteroatoms. The van der Waals surface area contributed by atoms with Crippen LogP contribution >= 0.6 is 22.6 Å². The van der Waals surface area contributed by atoms with E-state index < -0.39 is 26.3 Å². The number of benzene rings is 1. The Labute approximate surface area is 97.8 Å². The van der Waals surface area contributed by atoms with E-state index in [-0.39, 0.29) is 5.56 Å². The number of aliphatic carboxylic acids is 1. The Kier molecular flexibility index (Phi) is 3.45. The maximum atomic E-state index is 10.6. The zero-order valence-electron chi connectivity index (χ0n) is 7.25. The molecule has 0 aliphatic carbocycles. The number of phenolic OH excluding ortho intramolecular Hbond substituents is 1. The zero-order valence-corrected chi connectivity index (χ0v) is 9.41. The Balaban J connectivity index is 3.18. The van der Waals surface area contributed by atoms with Gasteiger partial charge in [0.25, 0.3) is 0 Å². The lowest BCUT2D eigenvalue weighted by Crippen LogP contribution is -2.04. The predicted molar refractivity (Wildman–Crippen MR) is 59.2 cm³/mol. The van der Waals surface area contributed by atoms with Gasteiger partial charge in [-0.15, -0.1) is 0 Å². The fourth-order valence-corrected chi connectivity index (χ4v) is 1.37. The lowest BCUT2D eigenvalue weighted by atomic mass is 10.1. The fraction of sp³-hybridized carbons (Fsp3) is 0.125. The SMILES string of the molecule is O=C(O)C(I)c1ccc(O)c([N+](=O)[O-])c1. The van der Waals surface area contributed by atoms with Crippen molar-refractivity contribution in [3.05, 3.63) is 33.9 Å². The van der Waals surface area contributed by atoms with Crippen LogP contribution in [0, 0.1) is 10.1 Å². The van der Waals surface area contributed by atoms with Crippen molar-refractivity contribution in [2.45, 2.75) is 3.92 Å². The van der Waals surface area contributed by atoms with Gasteiger partial charge in [0.15, 0.2) is 5.75 Å². The number of nitro benzene ring substituents is 1. The highest BCUT2D eigenvalue weighted by atomic mass is 127. The highest BCUT2D eigenvalue weighted by molar-refractivity contribution is 14.1. The van der Waals surface area contributed by atoms with Gasteiger partial charge in [0.05, 0.1) is 4.92 Å². The van der Waals surface area contributed by atoms with Crippen LogP contribution in [-0.2, 0) is 4.79 Å². The minimum absolute atomic E-state index is 0.271. The molecule has 1 atom stereocenters. The Bertz CT molecular complexity index is 419. The second-order valence-corrected chi connectivity index (χ2v) is 3.95. The molecule has 0 saturated heterocycles. The number of hydrogen-bond acceptors (Lipinski definition) is 4. The predicted octanol–water partition coefficient (Wildman–Crippen LogP) is 1.86. The first-order valence-electron chi connectivity index (χ1n) is 3.77. The number of rotatable bonds is 3. The number of nitrogens with zero attached hydrogens (tertiary/aromatic N) is 1. The van der Waals surface area contributed by atoms with E-state index >= 15 is 0 Å². The normalized spacial score (nSPS) is 12.1. The van der Waals surface area contributed by atoms with Crippen molar-refractivity contribution in [2.24, 2.45) is 0 Å². The van der Waals surface area contributed by atoms with Crippen LogP contribution in [0.1, 0.15) is 9.49 Å². The Hall–Kier alpha value is -1.38. The molecule has 0 bridgehead atoms. The first-order chi connectivity index (χ1) is 6.93. The summed E-state index contributed by atoms with van der Waals surface area (Å²) < 4.78 is -0.873. The molecule has 1 aromatic rings. The van der Waals surface area contributed by atoms with Crippen molar-refractivity contribution in [2.75, 3.05) is 0 Å².